The third kappa shape index (κ3) is 4.63. The summed E-state index contributed by atoms with van der Waals surface area (Å²) in [5.74, 6) is -0.134. The average molecular weight is 468 g/mol. The number of nitrogens with zero attached hydrogens (tertiary/aromatic N) is 3. The van der Waals surface area contributed by atoms with Crippen molar-refractivity contribution in [2.24, 2.45) is 0 Å². The molecule has 2 fully saturated rings. The van der Waals surface area contributed by atoms with Gasteiger partial charge < -0.3 is 24.5 Å². The molecule has 4 rings (SSSR count). The zero-order chi connectivity index (χ0) is 24.0. The number of rotatable bonds is 3. The zero-order valence-corrected chi connectivity index (χ0v) is 19.4. The molecule has 1 amide bonds. The highest BCUT2D eigenvalue weighted by atomic mass is 19.4. The van der Waals surface area contributed by atoms with Crippen LogP contribution in [0.2, 0.25) is 0 Å². The first-order chi connectivity index (χ1) is 15.5. The predicted molar refractivity (Wildman–Crippen MR) is 119 cm³/mol. The van der Waals surface area contributed by atoms with Crippen LogP contribution in [0.3, 0.4) is 0 Å². The van der Waals surface area contributed by atoms with Crippen molar-refractivity contribution in [1.29, 1.82) is 0 Å². The van der Waals surface area contributed by atoms with E-state index >= 15 is 0 Å². The predicted octanol–water partition coefficient (Wildman–Crippen LogP) is 3.26. The Morgan fingerprint density at radius 3 is 2.33 bits per heavy atom. The van der Waals surface area contributed by atoms with Gasteiger partial charge in [-0.25, -0.2) is 0 Å². The maximum Gasteiger partial charge on any atom is 0.416 e. The smallest absolute Gasteiger partial charge is 0.368 e. The first-order valence-corrected chi connectivity index (χ1v) is 11.5. The molecule has 0 bridgehead atoms. The Labute approximate surface area is 192 Å². The van der Waals surface area contributed by atoms with Crippen LogP contribution in [0.1, 0.15) is 39.2 Å². The maximum absolute atomic E-state index is 13.6. The number of carbonyl (C=O) groups excluding carboxylic acids is 1. The first kappa shape index (κ1) is 24.0. The van der Waals surface area contributed by atoms with Crippen molar-refractivity contribution in [3.63, 3.8) is 0 Å². The van der Waals surface area contributed by atoms with Crippen molar-refractivity contribution in [3.8, 4) is 0 Å². The third-order valence-corrected chi connectivity index (χ3v) is 7.21. The van der Waals surface area contributed by atoms with Gasteiger partial charge in [0.1, 0.15) is 5.60 Å². The van der Waals surface area contributed by atoms with Crippen molar-refractivity contribution >= 4 is 11.6 Å². The highest BCUT2D eigenvalue weighted by Crippen LogP contribution is 2.44. The summed E-state index contributed by atoms with van der Waals surface area (Å²) in [6.45, 7) is 9.29. The topological polar surface area (TPSA) is 56.3 Å². The number of aliphatic hydroxyl groups is 1. The van der Waals surface area contributed by atoms with Gasteiger partial charge in [0.05, 0.1) is 11.1 Å². The summed E-state index contributed by atoms with van der Waals surface area (Å²) in [6.07, 6.45) is -4.18. The molecule has 1 N–H and O–H groups in total. The number of benzene rings is 1. The van der Waals surface area contributed by atoms with E-state index in [4.69, 9.17) is 4.74 Å². The molecule has 0 aliphatic carbocycles. The lowest BCUT2D eigenvalue weighted by Crippen LogP contribution is -2.54. The Morgan fingerprint density at radius 2 is 1.76 bits per heavy atom. The van der Waals surface area contributed by atoms with Crippen LogP contribution >= 0.6 is 0 Å². The van der Waals surface area contributed by atoms with E-state index in [9.17, 15) is 23.1 Å². The highest BCUT2D eigenvalue weighted by molar-refractivity contribution is 5.97. The largest absolute Gasteiger partial charge is 0.416 e. The quantitative estimate of drug-likeness (QED) is 0.740. The van der Waals surface area contributed by atoms with Gasteiger partial charge in [-0.05, 0) is 57.4 Å². The van der Waals surface area contributed by atoms with Gasteiger partial charge in [-0.3, -0.25) is 4.79 Å². The number of hydrogen-bond donors (Lipinski definition) is 1. The van der Waals surface area contributed by atoms with Crippen LogP contribution < -0.4 is 4.90 Å². The molecule has 1 spiro atoms. The van der Waals surface area contributed by atoms with Crippen LogP contribution in [0.15, 0.2) is 35.4 Å². The van der Waals surface area contributed by atoms with Crippen LogP contribution in [0.5, 0.6) is 0 Å². The number of anilines is 1. The number of carbonyl (C=O) groups is 1. The van der Waals surface area contributed by atoms with Crippen molar-refractivity contribution in [2.45, 2.75) is 57.7 Å². The number of hydrogen-bond acceptors (Lipinski definition) is 5. The number of amides is 1. The number of alkyl halides is 3. The van der Waals surface area contributed by atoms with Crippen molar-refractivity contribution < 1.29 is 27.8 Å². The van der Waals surface area contributed by atoms with E-state index in [0.29, 0.717) is 61.9 Å². The number of piperazine rings is 1. The number of halogens is 3. The molecule has 0 radical (unpaired) electrons. The standard InChI is InChI=1S/C24H32F3N3O3/c1-16(2)28-9-7-23(8-10-28)20(17(3)22(32)33-23)21(31)30-13-11-29(12-14-30)19-6-4-5-18(15-19)24(25,26)27/h4-6,15-16,22,32H,7-14H2,1-3H3. The second-order valence-corrected chi connectivity index (χ2v) is 9.48. The van der Waals surface area contributed by atoms with Gasteiger partial charge in [0.15, 0.2) is 6.29 Å². The minimum atomic E-state index is -4.39. The van der Waals surface area contributed by atoms with Gasteiger partial charge in [0.2, 0.25) is 0 Å². The van der Waals surface area contributed by atoms with Gasteiger partial charge in [0.25, 0.3) is 5.91 Å². The van der Waals surface area contributed by atoms with Crippen molar-refractivity contribution in [3.05, 3.63) is 41.0 Å². The molecule has 0 saturated carbocycles. The number of ether oxygens (including phenoxy) is 1. The summed E-state index contributed by atoms with van der Waals surface area (Å²) in [5, 5.41) is 10.4. The van der Waals surface area contributed by atoms with Gasteiger partial charge in [0, 0.05) is 51.0 Å². The van der Waals surface area contributed by atoms with E-state index in [0.717, 1.165) is 25.2 Å². The van der Waals surface area contributed by atoms with Crippen molar-refractivity contribution in [1.82, 2.24) is 9.80 Å². The lowest BCUT2D eigenvalue weighted by atomic mass is 9.82. The Hall–Kier alpha value is -2.10. The summed E-state index contributed by atoms with van der Waals surface area (Å²) in [7, 11) is 0. The average Bonchev–Trinajstić information content (AvgIpc) is 3.02. The Morgan fingerprint density at radius 1 is 1.12 bits per heavy atom. The van der Waals surface area contributed by atoms with Crippen LogP contribution in [0.25, 0.3) is 0 Å². The molecule has 6 nitrogen and oxygen atoms in total. The van der Waals surface area contributed by atoms with Crippen LogP contribution in [-0.4, -0.2) is 78.0 Å². The van der Waals surface area contributed by atoms with Crippen LogP contribution in [0, 0.1) is 0 Å². The molecule has 3 aliphatic heterocycles. The van der Waals surface area contributed by atoms with Crippen LogP contribution in [-0.2, 0) is 15.7 Å². The van der Waals surface area contributed by atoms with Crippen LogP contribution in [0.4, 0.5) is 18.9 Å². The second-order valence-electron chi connectivity index (χ2n) is 9.48. The molecule has 2 saturated heterocycles. The fourth-order valence-corrected chi connectivity index (χ4v) is 5.18. The summed E-state index contributed by atoms with van der Waals surface area (Å²) in [6, 6.07) is 5.70. The molecule has 33 heavy (non-hydrogen) atoms. The summed E-state index contributed by atoms with van der Waals surface area (Å²) >= 11 is 0. The number of aliphatic hydroxyl groups excluding tert-OH is 1. The molecule has 3 aliphatic rings. The highest BCUT2D eigenvalue weighted by Gasteiger charge is 2.51. The van der Waals surface area contributed by atoms with E-state index in [1.54, 1.807) is 17.9 Å². The molecule has 9 heteroatoms. The second kappa shape index (κ2) is 8.92. The van der Waals surface area contributed by atoms with E-state index < -0.39 is 23.6 Å². The minimum absolute atomic E-state index is 0.134. The maximum atomic E-state index is 13.6. The molecule has 3 heterocycles. The Kier molecular flexibility index (Phi) is 6.50. The molecule has 1 atom stereocenters. The fourth-order valence-electron chi connectivity index (χ4n) is 5.18. The Bertz CT molecular complexity index is 915. The summed E-state index contributed by atoms with van der Waals surface area (Å²) in [5.41, 5.74) is 0.184. The normalized spacial score (nSPS) is 24.3. The van der Waals surface area contributed by atoms with Gasteiger partial charge in [-0.15, -0.1) is 0 Å². The number of piperidine rings is 1. The van der Waals surface area contributed by atoms with Crippen molar-refractivity contribution in [2.75, 3.05) is 44.2 Å². The molecule has 1 aromatic carbocycles. The van der Waals surface area contributed by atoms with Gasteiger partial charge in [-0.2, -0.15) is 13.2 Å². The molecule has 1 aromatic rings. The van der Waals surface area contributed by atoms with Gasteiger partial charge >= 0.3 is 6.18 Å². The van der Waals surface area contributed by atoms with E-state index in [-0.39, 0.29) is 5.91 Å². The fraction of sp³-hybridized carbons (Fsp3) is 0.625. The lowest BCUT2D eigenvalue weighted by Gasteiger charge is -2.43. The van der Waals surface area contributed by atoms with E-state index in [1.165, 1.54) is 6.07 Å². The first-order valence-electron chi connectivity index (χ1n) is 11.5. The Balaban J connectivity index is 1.46. The molecule has 0 aromatic heterocycles. The summed E-state index contributed by atoms with van der Waals surface area (Å²) < 4.78 is 45.2. The molecular weight excluding hydrogens is 435 g/mol. The third-order valence-electron chi connectivity index (χ3n) is 7.21. The lowest BCUT2D eigenvalue weighted by molar-refractivity contribution is -0.154. The van der Waals surface area contributed by atoms with Gasteiger partial charge in [-0.1, -0.05) is 6.07 Å². The summed E-state index contributed by atoms with van der Waals surface area (Å²) in [4.78, 5) is 19.5. The molecule has 1 unspecified atom stereocenters. The van der Waals surface area contributed by atoms with E-state index in [2.05, 4.69) is 18.7 Å². The van der Waals surface area contributed by atoms with E-state index in [1.807, 2.05) is 4.90 Å². The zero-order valence-electron chi connectivity index (χ0n) is 19.4. The SMILES string of the molecule is CC1=C(C(=O)N2CCN(c3cccc(C(F)(F)F)c3)CC2)C2(CCN(C(C)C)CC2)OC1O. The molecular formula is C24H32F3N3O3. The molecule has 182 valence electrons. The number of likely N-dealkylation sites (tertiary alicyclic amines) is 1. The monoisotopic (exact) mass is 467 g/mol. The minimum Gasteiger partial charge on any atom is -0.368 e.